The zero-order valence-corrected chi connectivity index (χ0v) is 11.9. The van der Waals surface area contributed by atoms with E-state index in [2.05, 4.69) is 6.58 Å². The molecule has 1 aromatic rings. The normalized spacial score (nSPS) is 25.1. The number of aromatic hydroxyl groups is 1. The van der Waals surface area contributed by atoms with E-state index in [0.29, 0.717) is 18.1 Å². The molecule has 1 aromatic carbocycles. The summed E-state index contributed by atoms with van der Waals surface area (Å²) < 4.78 is 0. The second kappa shape index (κ2) is 4.93. The molecule has 1 N–H and O–H groups in total. The molecule has 2 aliphatic rings. The zero-order chi connectivity index (χ0) is 14.3. The maximum absolute atomic E-state index is 12.6. The molecule has 0 saturated heterocycles. The molecule has 3 rings (SSSR count). The zero-order valence-electron chi connectivity index (χ0n) is 11.9. The number of Topliss-reactive ketones (excluding diaryl/α,β-unsaturated/α-hetero) is 1. The molecule has 1 fully saturated rings. The van der Waals surface area contributed by atoms with Crippen LogP contribution in [0.5, 0.6) is 5.75 Å². The van der Waals surface area contributed by atoms with Crippen molar-refractivity contribution in [2.24, 2.45) is 11.8 Å². The fourth-order valence-electron chi connectivity index (χ4n) is 3.71. The number of phenolic OH excluding ortho intramolecular Hbond substituents is 1. The van der Waals surface area contributed by atoms with E-state index < -0.39 is 0 Å². The lowest BCUT2D eigenvalue weighted by Gasteiger charge is -2.14. The predicted octanol–water partition coefficient (Wildman–Crippen LogP) is 4.11. The molecule has 2 nitrogen and oxygen atoms in total. The van der Waals surface area contributed by atoms with Crippen molar-refractivity contribution < 1.29 is 9.90 Å². The van der Waals surface area contributed by atoms with E-state index in [1.54, 1.807) is 12.1 Å². The number of ketones is 1. The van der Waals surface area contributed by atoms with Gasteiger partial charge in [0.05, 0.1) is 0 Å². The molecule has 2 aliphatic carbocycles. The Hall–Kier alpha value is -1.83. The van der Waals surface area contributed by atoms with Gasteiger partial charge in [0.2, 0.25) is 0 Å². The third-order valence-electron chi connectivity index (χ3n) is 4.50. The van der Waals surface area contributed by atoms with Gasteiger partial charge in [-0.1, -0.05) is 30.7 Å². The molecule has 1 saturated carbocycles. The Morgan fingerprint density at radius 3 is 2.55 bits per heavy atom. The summed E-state index contributed by atoms with van der Waals surface area (Å²) in [5.41, 5.74) is 4.28. The van der Waals surface area contributed by atoms with Gasteiger partial charge in [-0.05, 0) is 55.4 Å². The van der Waals surface area contributed by atoms with Crippen LogP contribution in [-0.2, 0) is 4.79 Å². The van der Waals surface area contributed by atoms with Crippen LogP contribution >= 0.6 is 0 Å². The number of benzene rings is 1. The first-order valence-electron chi connectivity index (χ1n) is 7.29. The van der Waals surface area contributed by atoms with E-state index in [4.69, 9.17) is 0 Å². The van der Waals surface area contributed by atoms with Crippen molar-refractivity contribution in [3.63, 3.8) is 0 Å². The Morgan fingerprint density at radius 1 is 1.25 bits per heavy atom. The molecular formula is C18H20O2. The van der Waals surface area contributed by atoms with Crippen LogP contribution < -0.4 is 0 Å². The summed E-state index contributed by atoms with van der Waals surface area (Å²) in [6.45, 7) is 5.94. The highest BCUT2D eigenvalue weighted by Gasteiger charge is 2.44. The van der Waals surface area contributed by atoms with Crippen molar-refractivity contribution in [1.82, 2.24) is 0 Å². The molecule has 0 heterocycles. The van der Waals surface area contributed by atoms with Crippen molar-refractivity contribution in [3.8, 4) is 5.75 Å². The van der Waals surface area contributed by atoms with Gasteiger partial charge in [-0.25, -0.2) is 0 Å². The van der Waals surface area contributed by atoms with Gasteiger partial charge in [0.25, 0.3) is 0 Å². The van der Waals surface area contributed by atoms with Gasteiger partial charge in [-0.15, -0.1) is 0 Å². The van der Waals surface area contributed by atoms with Crippen LogP contribution in [0.2, 0.25) is 0 Å². The van der Waals surface area contributed by atoms with Gasteiger partial charge in [0, 0.05) is 11.5 Å². The van der Waals surface area contributed by atoms with Gasteiger partial charge in [0.15, 0.2) is 5.78 Å². The van der Waals surface area contributed by atoms with E-state index in [1.807, 2.05) is 19.1 Å². The second-order valence-electron chi connectivity index (χ2n) is 6.08. The lowest BCUT2D eigenvalue weighted by molar-refractivity contribution is -0.118. The van der Waals surface area contributed by atoms with Crippen molar-refractivity contribution in [3.05, 3.63) is 47.6 Å². The van der Waals surface area contributed by atoms with Crippen molar-refractivity contribution in [2.75, 3.05) is 0 Å². The van der Waals surface area contributed by atoms with Crippen LogP contribution in [0.1, 0.15) is 38.2 Å². The Bertz CT molecular complexity index is 592. The van der Waals surface area contributed by atoms with Gasteiger partial charge >= 0.3 is 0 Å². The van der Waals surface area contributed by atoms with Gasteiger partial charge < -0.3 is 5.11 Å². The van der Waals surface area contributed by atoms with Crippen LogP contribution in [0.3, 0.4) is 0 Å². The molecule has 0 amide bonds. The lowest BCUT2D eigenvalue weighted by Crippen LogP contribution is -2.11. The van der Waals surface area contributed by atoms with Crippen LogP contribution in [0.4, 0.5) is 0 Å². The van der Waals surface area contributed by atoms with Crippen LogP contribution in [-0.4, -0.2) is 10.9 Å². The average molecular weight is 268 g/mol. The Labute approximate surface area is 119 Å². The van der Waals surface area contributed by atoms with Crippen molar-refractivity contribution in [2.45, 2.75) is 32.6 Å². The number of fused-ring (bicyclic) bond motifs is 1. The third-order valence-corrected chi connectivity index (χ3v) is 4.50. The summed E-state index contributed by atoms with van der Waals surface area (Å²) in [7, 11) is 0. The molecule has 0 radical (unpaired) electrons. The summed E-state index contributed by atoms with van der Waals surface area (Å²) >= 11 is 0. The van der Waals surface area contributed by atoms with Crippen LogP contribution in [0.15, 0.2) is 42.0 Å². The molecule has 0 aromatic heterocycles. The highest BCUT2D eigenvalue weighted by molar-refractivity contribution is 6.10. The maximum Gasteiger partial charge on any atom is 0.163 e. The minimum Gasteiger partial charge on any atom is -0.508 e. The summed E-state index contributed by atoms with van der Waals surface area (Å²) in [4.78, 5) is 12.6. The number of hydrogen-bond donors (Lipinski definition) is 1. The van der Waals surface area contributed by atoms with Crippen LogP contribution in [0.25, 0.3) is 5.57 Å². The number of phenols is 1. The van der Waals surface area contributed by atoms with Crippen LogP contribution in [0, 0.1) is 11.8 Å². The fraction of sp³-hybridized carbons (Fsp3) is 0.389. The molecule has 0 aliphatic heterocycles. The third kappa shape index (κ3) is 2.09. The molecule has 2 atom stereocenters. The summed E-state index contributed by atoms with van der Waals surface area (Å²) in [5, 5.41) is 9.45. The molecule has 0 bridgehead atoms. The quantitative estimate of drug-likeness (QED) is 0.838. The van der Waals surface area contributed by atoms with Crippen molar-refractivity contribution >= 4 is 11.4 Å². The second-order valence-corrected chi connectivity index (χ2v) is 6.08. The molecule has 20 heavy (non-hydrogen) atoms. The van der Waals surface area contributed by atoms with Gasteiger partial charge in [0.1, 0.15) is 5.75 Å². The van der Waals surface area contributed by atoms with E-state index >= 15 is 0 Å². The smallest absolute Gasteiger partial charge is 0.163 e. The van der Waals surface area contributed by atoms with E-state index in [1.165, 1.54) is 5.57 Å². The standard InChI is InChI=1S/C18H20O2/c1-11(2)10-16-17(12-6-8-13(19)9-7-12)14-4-3-5-15(14)18(16)20/h6-9,14-15,19H,1,3-5,10H2,2H3. The molecule has 2 unspecified atom stereocenters. The summed E-state index contributed by atoms with van der Waals surface area (Å²) in [6.07, 6.45) is 3.95. The topological polar surface area (TPSA) is 37.3 Å². The van der Waals surface area contributed by atoms with E-state index in [0.717, 1.165) is 36.0 Å². The SMILES string of the molecule is C=C(C)CC1=C(c2ccc(O)cc2)C2CCCC2C1=O. The number of hydrogen-bond acceptors (Lipinski definition) is 2. The van der Waals surface area contributed by atoms with E-state index in [-0.39, 0.29) is 11.7 Å². The molecule has 0 spiro atoms. The molecular weight excluding hydrogens is 248 g/mol. The number of carbonyl (C=O) groups is 1. The van der Waals surface area contributed by atoms with Gasteiger partial charge in [-0.2, -0.15) is 0 Å². The number of carbonyl (C=O) groups excluding carboxylic acids is 1. The first kappa shape index (κ1) is 13.2. The average Bonchev–Trinajstić information content (AvgIpc) is 2.95. The molecule has 2 heteroatoms. The summed E-state index contributed by atoms with van der Waals surface area (Å²) in [5.74, 6) is 1.16. The Balaban J connectivity index is 2.09. The lowest BCUT2D eigenvalue weighted by atomic mass is 9.89. The molecule has 104 valence electrons. The number of allylic oxidation sites excluding steroid dienone is 3. The monoisotopic (exact) mass is 268 g/mol. The summed E-state index contributed by atoms with van der Waals surface area (Å²) in [6, 6.07) is 7.26. The minimum atomic E-state index is 0.188. The Kier molecular flexibility index (Phi) is 3.25. The first-order valence-corrected chi connectivity index (χ1v) is 7.29. The minimum absolute atomic E-state index is 0.188. The number of rotatable bonds is 3. The Morgan fingerprint density at radius 2 is 1.90 bits per heavy atom. The van der Waals surface area contributed by atoms with E-state index in [9.17, 15) is 9.90 Å². The van der Waals surface area contributed by atoms with Gasteiger partial charge in [-0.3, -0.25) is 4.79 Å². The maximum atomic E-state index is 12.6. The largest absolute Gasteiger partial charge is 0.508 e. The first-order chi connectivity index (χ1) is 9.58. The highest BCUT2D eigenvalue weighted by Crippen LogP contribution is 2.50. The predicted molar refractivity (Wildman–Crippen MR) is 80.3 cm³/mol. The highest BCUT2D eigenvalue weighted by atomic mass is 16.3. The fourth-order valence-corrected chi connectivity index (χ4v) is 3.71. The van der Waals surface area contributed by atoms with Crippen molar-refractivity contribution in [1.29, 1.82) is 0 Å².